The van der Waals surface area contributed by atoms with Gasteiger partial charge in [-0.15, -0.1) is 0 Å². The molecule has 0 aromatic heterocycles. The van der Waals surface area contributed by atoms with Crippen LogP contribution in [0.5, 0.6) is 0 Å². The van der Waals surface area contributed by atoms with E-state index >= 15 is 0 Å². The first-order chi connectivity index (χ1) is 9.09. The molecule has 1 saturated heterocycles. The molecule has 0 aliphatic carbocycles. The van der Waals surface area contributed by atoms with Crippen molar-refractivity contribution >= 4 is 17.3 Å². The topological polar surface area (TPSA) is 58.8 Å². The number of nitrogens with two attached hydrogens (primary N) is 1. The standard InChI is InChI=1S/C14H19N3O2/c1-16(10-5-6-19-8-10)9-3-4-11-12(7-9)17(2)14(18)13(11)15/h3-4,7,10,13H,5-6,8,15H2,1-2H3. The molecule has 1 aromatic rings. The average Bonchev–Trinajstić information content (AvgIpc) is 3.03. The first kappa shape index (κ1) is 12.4. The van der Waals surface area contributed by atoms with Gasteiger partial charge in [-0.2, -0.15) is 0 Å². The Bertz CT molecular complexity index is 511. The van der Waals surface area contributed by atoms with Gasteiger partial charge in [0.15, 0.2) is 0 Å². The second kappa shape index (κ2) is 4.51. The third-order valence-corrected chi connectivity index (χ3v) is 4.17. The van der Waals surface area contributed by atoms with Crippen molar-refractivity contribution in [3.63, 3.8) is 0 Å². The molecular formula is C14H19N3O2. The maximum Gasteiger partial charge on any atom is 0.248 e. The Balaban J connectivity index is 1.92. The lowest BCUT2D eigenvalue weighted by Gasteiger charge is -2.26. The van der Waals surface area contributed by atoms with Gasteiger partial charge in [0, 0.05) is 32.0 Å². The lowest BCUT2D eigenvalue weighted by Crippen LogP contribution is -2.31. The van der Waals surface area contributed by atoms with E-state index in [1.807, 2.05) is 18.2 Å². The van der Waals surface area contributed by atoms with Gasteiger partial charge in [0.25, 0.3) is 0 Å². The summed E-state index contributed by atoms with van der Waals surface area (Å²) in [7, 11) is 3.84. The zero-order chi connectivity index (χ0) is 13.6. The molecule has 2 N–H and O–H groups in total. The molecule has 102 valence electrons. The fourth-order valence-electron chi connectivity index (χ4n) is 2.80. The van der Waals surface area contributed by atoms with Gasteiger partial charge in [0.1, 0.15) is 6.04 Å². The SMILES string of the molecule is CN1C(=O)C(N)c2ccc(N(C)C3CCOC3)cc21. The first-order valence-electron chi connectivity index (χ1n) is 6.57. The number of ether oxygens (including phenoxy) is 1. The predicted molar refractivity (Wildman–Crippen MR) is 74.4 cm³/mol. The van der Waals surface area contributed by atoms with Crippen LogP contribution < -0.4 is 15.5 Å². The summed E-state index contributed by atoms with van der Waals surface area (Å²) in [4.78, 5) is 15.7. The second-order valence-electron chi connectivity index (χ2n) is 5.25. The Kier molecular flexibility index (Phi) is 2.95. The summed E-state index contributed by atoms with van der Waals surface area (Å²) in [5.41, 5.74) is 8.83. The highest BCUT2D eigenvalue weighted by Crippen LogP contribution is 2.36. The van der Waals surface area contributed by atoms with E-state index in [2.05, 4.69) is 11.9 Å². The Morgan fingerprint density at radius 1 is 1.47 bits per heavy atom. The van der Waals surface area contributed by atoms with E-state index in [0.29, 0.717) is 6.04 Å². The summed E-state index contributed by atoms with van der Waals surface area (Å²) in [6.45, 7) is 1.59. The van der Waals surface area contributed by atoms with E-state index in [0.717, 1.165) is 36.6 Å². The minimum Gasteiger partial charge on any atom is -0.379 e. The van der Waals surface area contributed by atoms with Crippen LogP contribution in [0, 0.1) is 0 Å². The van der Waals surface area contributed by atoms with Gasteiger partial charge in [-0.05, 0) is 18.6 Å². The van der Waals surface area contributed by atoms with E-state index in [1.165, 1.54) is 0 Å². The number of carbonyl (C=O) groups excluding carboxylic acids is 1. The third kappa shape index (κ3) is 1.89. The Morgan fingerprint density at radius 3 is 2.95 bits per heavy atom. The van der Waals surface area contributed by atoms with E-state index in [9.17, 15) is 4.79 Å². The molecule has 0 bridgehead atoms. The first-order valence-corrected chi connectivity index (χ1v) is 6.57. The lowest BCUT2D eigenvalue weighted by atomic mass is 10.1. The summed E-state index contributed by atoms with van der Waals surface area (Å²) in [5.74, 6) is -0.0426. The number of likely N-dealkylation sites (N-methyl/N-ethyl adjacent to an activating group) is 2. The molecule has 2 heterocycles. The van der Waals surface area contributed by atoms with Crippen LogP contribution in [-0.2, 0) is 9.53 Å². The molecule has 0 radical (unpaired) electrons. The molecule has 3 rings (SSSR count). The Morgan fingerprint density at radius 2 is 2.26 bits per heavy atom. The van der Waals surface area contributed by atoms with Crippen LogP contribution in [0.25, 0.3) is 0 Å². The molecule has 1 amide bonds. The number of hydrogen-bond donors (Lipinski definition) is 1. The fourth-order valence-corrected chi connectivity index (χ4v) is 2.80. The summed E-state index contributed by atoms with van der Waals surface area (Å²) >= 11 is 0. The number of anilines is 2. The highest BCUT2D eigenvalue weighted by Gasteiger charge is 2.33. The van der Waals surface area contributed by atoms with Gasteiger partial charge in [0.2, 0.25) is 5.91 Å². The molecule has 5 nitrogen and oxygen atoms in total. The molecular weight excluding hydrogens is 242 g/mol. The van der Waals surface area contributed by atoms with Crippen molar-refractivity contribution in [1.29, 1.82) is 0 Å². The minimum atomic E-state index is -0.519. The summed E-state index contributed by atoms with van der Waals surface area (Å²) in [6.07, 6.45) is 1.04. The van der Waals surface area contributed by atoms with Crippen LogP contribution in [0.15, 0.2) is 18.2 Å². The number of amides is 1. The van der Waals surface area contributed by atoms with Gasteiger partial charge in [-0.25, -0.2) is 0 Å². The van der Waals surface area contributed by atoms with E-state index in [-0.39, 0.29) is 5.91 Å². The van der Waals surface area contributed by atoms with Crippen molar-refractivity contribution in [2.45, 2.75) is 18.5 Å². The summed E-state index contributed by atoms with van der Waals surface area (Å²) in [5, 5.41) is 0. The Labute approximate surface area is 112 Å². The molecule has 1 aromatic carbocycles. The zero-order valence-electron chi connectivity index (χ0n) is 11.3. The number of fused-ring (bicyclic) bond motifs is 1. The minimum absolute atomic E-state index is 0.0426. The highest BCUT2D eigenvalue weighted by atomic mass is 16.5. The number of benzene rings is 1. The third-order valence-electron chi connectivity index (χ3n) is 4.17. The van der Waals surface area contributed by atoms with Crippen molar-refractivity contribution in [2.24, 2.45) is 5.73 Å². The van der Waals surface area contributed by atoms with Crippen molar-refractivity contribution < 1.29 is 9.53 Å². The molecule has 2 aliphatic heterocycles. The smallest absolute Gasteiger partial charge is 0.248 e. The lowest BCUT2D eigenvalue weighted by molar-refractivity contribution is -0.118. The second-order valence-corrected chi connectivity index (χ2v) is 5.25. The molecule has 0 saturated carbocycles. The van der Waals surface area contributed by atoms with Crippen LogP contribution >= 0.6 is 0 Å². The molecule has 2 atom stereocenters. The summed E-state index contributed by atoms with van der Waals surface area (Å²) < 4.78 is 5.42. The van der Waals surface area contributed by atoms with Gasteiger partial charge in [-0.3, -0.25) is 4.79 Å². The van der Waals surface area contributed by atoms with Gasteiger partial charge in [0.05, 0.1) is 18.3 Å². The van der Waals surface area contributed by atoms with Crippen molar-refractivity contribution in [3.05, 3.63) is 23.8 Å². The van der Waals surface area contributed by atoms with Crippen molar-refractivity contribution in [3.8, 4) is 0 Å². The molecule has 0 spiro atoms. The van der Waals surface area contributed by atoms with Crippen LogP contribution in [-0.4, -0.2) is 39.3 Å². The molecule has 2 aliphatic rings. The largest absolute Gasteiger partial charge is 0.379 e. The van der Waals surface area contributed by atoms with Gasteiger partial charge < -0.3 is 20.3 Å². The number of rotatable bonds is 2. The average molecular weight is 261 g/mol. The number of hydrogen-bond acceptors (Lipinski definition) is 4. The molecule has 19 heavy (non-hydrogen) atoms. The monoisotopic (exact) mass is 261 g/mol. The van der Waals surface area contributed by atoms with Gasteiger partial charge in [-0.1, -0.05) is 6.07 Å². The molecule has 2 unspecified atom stereocenters. The maximum absolute atomic E-state index is 11.9. The van der Waals surface area contributed by atoms with Crippen LogP contribution in [0.3, 0.4) is 0 Å². The van der Waals surface area contributed by atoms with Crippen LogP contribution in [0.4, 0.5) is 11.4 Å². The van der Waals surface area contributed by atoms with Gasteiger partial charge >= 0.3 is 0 Å². The molecule has 5 heteroatoms. The summed E-state index contributed by atoms with van der Waals surface area (Å²) in [6, 6.07) is 5.92. The molecule has 1 fully saturated rings. The Hall–Kier alpha value is -1.59. The van der Waals surface area contributed by atoms with Crippen molar-refractivity contribution in [2.75, 3.05) is 37.1 Å². The normalized spacial score (nSPS) is 25.8. The van der Waals surface area contributed by atoms with Crippen LogP contribution in [0.1, 0.15) is 18.0 Å². The quantitative estimate of drug-likeness (QED) is 0.859. The van der Waals surface area contributed by atoms with Crippen LogP contribution in [0.2, 0.25) is 0 Å². The highest BCUT2D eigenvalue weighted by molar-refractivity contribution is 6.04. The fraction of sp³-hybridized carbons (Fsp3) is 0.500. The van der Waals surface area contributed by atoms with E-state index in [1.54, 1.807) is 11.9 Å². The zero-order valence-corrected chi connectivity index (χ0v) is 11.3. The van der Waals surface area contributed by atoms with E-state index < -0.39 is 6.04 Å². The maximum atomic E-state index is 11.9. The number of carbonyl (C=O) groups is 1. The predicted octanol–water partition coefficient (Wildman–Crippen LogP) is 0.888. The van der Waals surface area contributed by atoms with E-state index in [4.69, 9.17) is 10.5 Å². The number of nitrogens with zero attached hydrogens (tertiary/aromatic N) is 2. The van der Waals surface area contributed by atoms with Crippen molar-refractivity contribution in [1.82, 2.24) is 0 Å².